The first-order valence-corrected chi connectivity index (χ1v) is 10.9. The number of rotatable bonds is 7. The van der Waals surface area contributed by atoms with E-state index in [2.05, 4.69) is 22.2 Å². The number of amides is 1. The maximum atomic E-state index is 11.5. The van der Waals surface area contributed by atoms with Gasteiger partial charge >= 0.3 is 0 Å². The van der Waals surface area contributed by atoms with Gasteiger partial charge in [0, 0.05) is 23.5 Å². The Bertz CT molecular complexity index is 1410. The molecule has 0 saturated heterocycles. The second kappa shape index (κ2) is 8.53. The number of benzene rings is 2. The summed E-state index contributed by atoms with van der Waals surface area (Å²) in [7, 11) is -3.76. The van der Waals surface area contributed by atoms with E-state index in [9.17, 15) is 13.2 Å². The molecule has 4 rings (SSSR count). The smallest absolute Gasteiger partial charge is 0.247 e. The molecule has 32 heavy (non-hydrogen) atoms. The van der Waals surface area contributed by atoms with Crippen molar-refractivity contribution in [1.82, 2.24) is 4.98 Å². The summed E-state index contributed by atoms with van der Waals surface area (Å²) in [4.78, 5) is 15.7. The van der Waals surface area contributed by atoms with Crippen LogP contribution in [0, 0.1) is 0 Å². The molecular weight excluding hydrogens is 432 g/mol. The largest absolute Gasteiger partial charge is 0.455 e. The van der Waals surface area contributed by atoms with E-state index in [1.165, 1.54) is 18.2 Å². The van der Waals surface area contributed by atoms with Crippen molar-refractivity contribution in [3.05, 3.63) is 79.6 Å². The molecule has 0 radical (unpaired) electrons. The molecule has 1 amide bonds. The number of fused-ring (bicyclic) bond motifs is 1. The van der Waals surface area contributed by atoms with Crippen LogP contribution in [0.2, 0.25) is 0 Å². The van der Waals surface area contributed by atoms with Gasteiger partial charge in [0.25, 0.3) is 0 Å². The van der Waals surface area contributed by atoms with Gasteiger partial charge in [0.2, 0.25) is 15.9 Å². The fraction of sp³-hybridized carbons (Fsp3) is 0. The van der Waals surface area contributed by atoms with Crippen molar-refractivity contribution in [3.63, 3.8) is 0 Å². The van der Waals surface area contributed by atoms with Crippen molar-refractivity contribution in [1.29, 1.82) is 0 Å². The summed E-state index contributed by atoms with van der Waals surface area (Å²) in [6.07, 6.45) is 4.29. The topological polar surface area (TPSA) is 137 Å². The first kappa shape index (κ1) is 21.1. The second-order valence-electron chi connectivity index (χ2n) is 6.68. The third kappa shape index (κ3) is 4.77. The lowest BCUT2D eigenvalue weighted by molar-refractivity contribution is -0.111. The number of aromatic nitrogens is 1. The standard InChI is InChI=1S/C22H18N4O5S/c1-2-21(27)25-15-4-3-5-16(10-15)30-19-12-24-13-20-18(19)11-22(31-20)26-14-6-8-17(9-7-14)32(23,28)29/h2-13,26H,1H2,(H,25,27)(H2,23,28,29). The number of carbonyl (C=O) groups is 1. The van der Waals surface area contributed by atoms with Crippen LogP contribution in [-0.2, 0) is 14.8 Å². The van der Waals surface area contributed by atoms with Crippen LogP contribution in [0.5, 0.6) is 11.5 Å². The Morgan fingerprint density at radius 1 is 1.09 bits per heavy atom. The van der Waals surface area contributed by atoms with E-state index in [1.54, 1.807) is 54.9 Å². The van der Waals surface area contributed by atoms with Crippen molar-refractivity contribution in [2.75, 3.05) is 10.6 Å². The Labute approximate surface area is 183 Å². The highest BCUT2D eigenvalue weighted by Crippen LogP contribution is 2.34. The Morgan fingerprint density at radius 3 is 2.59 bits per heavy atom. The van der Waals surface area contributed by atoms with Crippen LogP contribution in [0.3, 0.4) is 0 Å². The fourth-order valence-corrected chi connectivity index (χ4v) is 3.42. The monoisotopic (exact) mass is 450 g/mol. The molecular formula is C22H18N4O5S. The molecule has 0 aliphatic carbocycles. The first-order valence-electron chi connectivity index (χ1n) is 9.30. The van der Waals surface area contributed by atoms with E-state index in [0.29, 0.717) is 39.7 Å². The van der Waals surface area contributed by atoms with Crippen molar-refractivity contribution in [2.45, 2.75) is 4.90 Å². The van der Waals surface area contributed by atoms with Gasteiger partial charge in [-0.3, -0.25) is 9.78 Å². The summed E-state index contributed by atoms with van der Waals surface area (Å²) in [5, 5.41) is 11.5. The summed E-state index contributed by atoms with van der Waals surface area (Å²) in [5.41, 5.74) is 1.66. The van der Waals surface area contributed by atoms with E-state index in [-0.39, 0.29) is 10.8 Å². The number of anilines is 3. The molecule has 10 heteroatoms. The average Bonchev–Trinajstić information content (AvgIpc) is 3.17. The van der Waals surface area contributed by atoms with Gasteiger partial charge in [-0.25, -0.2) is 13.6 Å². The molecule has 0 aliphatic rings. The number of nitrogens with one attached hydrogen (secondary N) is 2. The molecule has 0 spiro atoms. The predicted molar refractivity (Wildman–Crippen MR) is 120 cm³/mol. The van der Waals surface area contributed by atoms with E-state index in [1.807, 2.05) is 0 Å². The van der Waals surface area contributed by atoms with Crippen LogP contribution >= 0.6 is 0 Å². The molecule has 2 aromatic heterocycles. The zero-order valence-electron chi connectivity index (χ0n) is 16.6. The highest BCUT2D eigenvalue weighted by atomic mass is 32.2. The van der Waals surface area contributed by atoms with Gasteiger partial charge in [0.15, 0.2) is 17.2 Å². The summed E-state index contributed by atoms with van der Waals surface area (Å²) >= 11 is 0. The van der Waals surface area contributed by atoms with Crippen molar-refractivity contribution in [2.24, 2.45) is 5.14 Å². The lowest BCUT2D eigenvalue weighted by Crippen LogP contribution is -2.11. The van der Waals surface area contributed by atoms with E-state index >= 15 is 0 Å². The molecule has 0 atom stereocenters. The van der Waals surface area contributed by atoms with Crippen molar-refractivity contribution < 1.29 is 22.4 Å². The molecule has 0 unspecified atom stereocenters. The van der Waals surface area contributed by atoms with Gasteiger partial charge < -0.3 is 19.8 Å². The molecule has 2 aromatic carbocycles. The van der Waals surface area contributed by atoms with Gasteiger partial charge in [0.1, 0.15) is 5.75 Å². The zero-order chi connectivity index (χ0) is 22.7. The second-order valence-corrected chi connectivity index (χ2v) is 8.24. The van der Waals surface area contributed by atoms with E-state index in [4.69, 9.17) is 14.3 Å². The van der Waals surface area contributed by atoms with Crippen LogP contribution in [0.25, 0.3) is 11.0 Å². The Kier molecular flexibility index (Phi) is 5.63. The van der Waals surface area contributed by atoms with Crippen LogP contribution in [-0.4, -0.2) is 19.3 Å². The molecule has 9 nitrogen and oxygen atoms in total. The van der Waals surface area contributed by atoms with Gasteiger partial charge in [-0.2, -0.15) is 0 Å². The fourth-order valence-electron chi connectivity index (χ4n) is 2.91. The number of sulfonamides is 1. The minimum Gasteiger partial charge on any atom is -0.455 e. The maximum absolute atomic E-state index is 11.5. The third-order valence-corrected chi connectivity index (χ3v) is 5.30. The number of furan rings is 1. The van der Waals surface area contributed by atoms with Crippen LogP contribution in [0.15, 0.2) is 89.0 Å². The van der Waals surface area contributed by atoms with Crippen LogP contribution in [0.4, 0.5) is 17.3 Å². The van der Waals surface area contributed by atoms with Crippen LogP contribution in [0.1, 0.15) is 0 Å². The van der Waals surface area contributed by atoms with E-state index < -0.39 is 10.0 Å². The van der Waals surface area contributed by atoms with Gasteiger partial charge in [0.05, 0.1) is 22.7 Å². The summed E-state index contributed by atoms with van der Waals surface area (Å²) < 4.78 is 34.5. The first-order chi connectivity index (χ1) is 15.3. The maximum Gasteiger partial charge on any atom is 0.247 e. The number of hydrogen-bond donors (Lipinski definition) is 3. The molecule has 162 valence electrons. The SMILES string of the molecule is C=CC(=O)Nc1cccc(Oc2cncc3oc(Nc4ccc(S(N)(=O)=O)cc4)cc23)c1. The van der Waals surface area contributed by atoms with Gasteiger partial charge in [-0.15, -0.1) is 0 Å². The van der Waals surface area contributed by atoms with Gasteiger partial charge in [-0.05, 0) is 42.5 Å². The quantitative estimate of drug-likeness (QED) is 0.360. The van der Waals surface area contributed by atoms with Gasteiger partial charge in [-0.1, -0.05) is 12.6 Å². The number of ether oxygens (including phenoxy) is 1. The average molecular weight is 450 g/mol. The number of carbonyl (C=O) groups excluding carboxylic acids is 1. The Hall–Kier alpha value is -4.15. The van der Waals surface area contributed by atoms with Crippen molar-refractivity contribution in [3.8, 4) is 11.5 Å². The normalized spacial score (nSPS) is 11.2. The minimum absolute atomic E-state index is 0.0130. The molecule has 4 aromatic rings. The Balaban J connectivity index is 1.57. The third-order valence-electron chi connectivity index (χ3n) is 4.38. The highest BCUT2D eigenvalue weighted by molar-refractivity contribution is 7.89. The number of nitrogens with two attached hydrogens (primary N) is 1. The lowest BCUT2D eigenvalue weighted by atomic mass is 10.2. The molecule has 0 fully saturated rings. The summed E-state index contributed by atoms with van der Waals surface area (Å²) in [5.74, 6) is 1.04. The lowest BCUT2D eigenvalue weighted by Gasteiger charge is -2.08. The molecule has 0 aliphatic heterocycles. The number of primary sulfonamides is 1. The molecule has 0 bridgehead atoms. The highest BCUT2D eigenvalue weighted by Gasteiger charge is 2.12. The molecule has 2 heterocycles. The van der Waals surface area contributed by atoms with E-state index in [0.717, 1.165) is 0 Å². The summed E-state index contributed by atoms with van der Waals surface area (Å²) in [6, 6.07) is 14.6. The molecule has 4 N–H and O–H groups in total. The van der Waals surface area contributed by atoms with Crippen molar-refractivity contribution >= 4 is 44.2 Å². The minimum atomic E-state index is -3.76. The number of hydrogen-bond acceptors (Lipinski definition) is 7. The zero-order valence-corrected chi connectivity index (χ0v) is 17.4. The Morgan fingerprint density at radius 2 is 1.88 bits per heavy atom. The summed E-state index contributed by atoms with van der Waals surface area (Å²) in [6.45, 7) is 3.43. The number of pyridine rings is 1. The predicted octanol–water partition coefficient (Wildman–Crippen LogP) is 4.14. The van der Waals surface area contributed by atoms with Crippen LogP contribution < -0.4 is 20.5 Å². The molecule has 0 saturated carbocycles. The number of nitrogens with zero attached hydrogens (tertiary/aromatic N) is 1.